The Kier molecular flexibility index (Phi) is 4.24. The maximum atomic E-state index is 12.4. The number of fused-ring (bicyclic) bond motifs is 1. The minimum atomic E-state index is 0.0315. The standard InChI is InChI=1S/C16H16N4O2S2/c21-13(8-23-16-20-19-15(24-16)17-11-3-4-11)10-1-5-12-9(7-10)2-6-14(22)18-12/h1,5,7,11H,2-4,6,8H2,(H,17,19)(H,18,22). The van der Waals surface area contributed by atoms with Gasteiger partial charge in [0.15, 0.2) is 10.1 Å². The largest absolute Gasteiger partial charge is 0.357 e. The van der Waals surface area contributed by atoms with E-state index < -0.39 is 0 Å². The molecule has 1 aromatic heterocycles. The molecule has 1 amide bonds. The van der Waals surface area contributed by atoms with Crippen LogP contribution in [-0.4, -0.2) is 33.7 Å². The predicted octanol–water partition coefficient (Wildman–Crippen LogP) is 2.97. The summed E-state index contributed by atoms with van der Waals surface area (Å²) < 4.78 is 0.803. The summed E-state index contributed by atoms with van der Waals surface area (Å²) in [5.41, 5.74) is 2.52. The van der Waals surface area contributed by atoms with Gasteiger partial charge in [-0.05, 0) is 43.0 Å². The molecule has 0 saturated heterocycles. The number of ketones is 1. The van der Waals surface area contributed by atoms with Crippen LogP contribution < -0.4 is 10.6 Å². The molecule has 0 bridgehead atoms. The van der Waals surface area contributed by atoms with E-state index in [1.807, 2.05) is 12.1 Å². The van der Waals surface area contributed by atoms with Crippen LogP contribution in [0, 0.1) is 0 Å². The van der Waals surface area contributed by atoms with Crippen LogP contribution in [0.25, 0.3) is 0 Å². The minimum absolute atomic E-state index is 0.0315. The zero-order chi connectivity index (χ0) is 16.5. The van der Waals surface area contributed by atoms with Crippen LogP contribution in [0.4, 0.5) is 10.8 Å². The fraction of sp³-hybridized carbons (Fsp3) is 0.375. The Labute approximate surface area is 147 Å². The fourth-order valence-corrected chi connectivity index (χ4v) is 4.22. The number of nitrogens with zero attached hydrogens (tertiary/aromatic N) is 2. The number of aromatic nitrogens is 2. The summed E-state index contributed by atoms with van der Waals surface area (Å²) in [5.74, 6) is 0.430. The number of aryl methyl sites for hydroxylation is 1. The van der Waals surface area contributed by atoms with Crippen LogP contribution in [0.1, 0.15) is 35.2 Å². The van der Waals surface area contributed by atoms with Gasteiger partial charge in [-0.1, -0.05) is 23.1 Å². The summed E-state index contributed by atoms with van der Waals surface area (Å²) >= 11 is 2.91. The van der Waals surface area contributed by atoms with E-state index >= 15 is 0 Å². The van der Waals surface area contributed by atoms with Gasteiger partial charge in [-0.25, -0.2) is 0 Å². The third-order valence-corrected chi connectivity index (χ3v) is 5.95. The summed E-state index contributed by atoms with van der Waals surface area (Å²) in [6.45, 7) is 0. The van der Waals surface area contributed by atoms with Gasteiger partial charge in [0.2, 0.25) is 11.0 Å². The van der Waals surface area contributed by atoms with Crippen molar-refractivity contribution in [2.45, 2.75) is 36.1 Å². The van der Waals surface area contributed by atoms with E-state index in [0.717, 1.165) is 20.7 Å². The first kappa shape index (κ1) is 15.6. The number of nitrogens with one attached hydrogen (secondary N) is 2. The van der Waals surface area contributed by atoms with E-state index in [4.69, 9.17) is 0 Å². The monoisotopic (exact) mass is 360 g/mol. The normalized spacial score (nSPS) is 16.4. The summed E-state index contributed by atoms with van der Waals surface area (Å²) in [5, 5.41) is 15.2. The lowest BCUT2D eigenvalue weighted by molar-refractivity contribution is -0.116. The van der Waals surface area contributed by atoms with Gasteiger partial charge >= 0.3 is 0 Å². The Balaban J connectivity index is 1.37. The number of hydrogen-bond donors (Lipinski definition) is 2. The number of anilines is 2. The molecule has 1 aromatic carbocycles. The molecule has 4 rings (SSSR count). The highest BCUT2D eigenvalue weighted by atomic mass is 32.2. The fourth-order valence-electron chi connectivity index (χ4n) is 2.50. The molecule has 2 aromatic rings. The molecule has 2 heterocycles. The van der Waals surface area contributed by atoms with Crippen LogP contribution in [0.3, 0.4) is 0 Å². The van der Waals surface area contributed by atoms with Gasteiger partial charge in [0.25, 0.3) is 0 Å². The van der Waals surface area contributed by atoms with Crippen LogP contribution >= 0.6 is 23.1 Å². The Hall–Kier alpha value is -1.93. The van der Waals surface area contributed by atoms with Crippen molar-refractivity contribution in [1.29, 1.82) is 0 Å². The quantitative estimate of drug-likeness (QED) is 0.609. The maximum absolute atomic E-state index is 12.4. The van der Waals surface area contributed by atoms with E-state index in [1.54, 1.807) is 6.07 Å². The van der Waals surface area contributed by atoms with Crippen molar-refractivity contribution >= 4 is 45.6 Å². The summed E-state index contributed by atoms with van der Waals surface area (Å²) in [7, 11) is 0. The molecule has 24 heavy (non-hydrogen) atoms. The molecular formula is C16H16N4O2S2. The van der Waals surface area contributed by atoms with Crippen molar-refractivity contribution in [3.8, 4) is 0 Å². The number of thioether (sulfide) groups is 1. The van der Waals surface area contributed by atoms with Crippen molar-refractivity contribution < 1.29 is 9.59 Å². The number of carbonyl (C=O) groups excluding carboxylic acids is 2. The molecule has 8 heteroatoms. The number of benzene rings is 1. The first-order valence-corrected chi connectivity index (χ1v) is 9.66. The highest BCUT2D eigenvalue weighted by molar-refractivity contribution is 8.01. The van der Waals surface area contributed by atoms with Crippen LogP contribution in [0.5, 0.6) is 0 Å². The average molecular weight is 360 g/mol. The molecular weight excluding hydrogens is 344 g/mol. The average Bonchev–Trinajstić information content (AvgIpc) is 3.28. The zero-order valence-electron chi connectivity index (χ0n) is 12.9. The molecule has 0 atom stereocenters. The lowest BCUT2D eigenvalue weighted by Gasteiger charge is -2.17. The summed E-state index contributed by atoms with van der Waals surface area (Å²) in [6, 6.07) is 6.02. The van der Waals surface area contributed by atoms with Crippen molar-refractivity contribution in [1.82, 2.24) is 10.2 Å². The molecule has 1 aliphatic carbocycles. The highest BCUT2D eigenvalue weighted by Gasteiger charge is 2.22. The first-order valence-electron chi connectivity index (χ1n) is 7.86. The molecule has 1 aliphatic heterocycles. The SMILES string of the molecule is O=C1CCc2cc(C(=O)CSc3nnc(NC4CC4)s3)ccc2N1. The van der Waals surface area contributed by atoms with Crippen molar-refractivity contribution in [2.24, 2.45) is 0 Å². The van der Waals surface area contributed by atoms with E-state index in [2.05, 4.69) is 20.8 Å². The number of hydrogen-bond acceptors (Lipinski definition) is 7. The lowest BCUT2D eigenvalue weighted by Crippen LogP contribution is -2.19. The topological polar surface area (TPSA) is 84.0 Å². The molecule has 1 saturated carbocycles. The number of amides is 1. The number of carbonyl (C=O) groups is 2. The Morgan fingerprint density at radius 2 is 2.21 bits per heavy atom. The van der Waals surface area contributed by atoms with Gasteiger partial charge in [0.05, 0.1) is 5.75 Å². The van der Waals surface area contributed by atoms with E-state index in [0.29, 0.717) is 30.2 Å². The van der Waals surface area contributed by atoms with Crippen LogP contribution in [-0.2, 0) is 11.2 Å². The summed E-state index contributed by atoms with van der Waals surface area (Å²) in [4.78, 5) is 23.8. The molecule has 2 N–H and O–H groups in total. The van der Waals surface area contributed by atoms with Crippen molar-refractivity contribution in [3.63, 3.8) is 0 Å². The second-order valence-corrected chi connectivity index (χ2v) is 8.12. The summed E-state index contributed by atoms with van der Waals surface area (Å²) in [6.07, 6.45) is 3.54. The van der Waals surface area contributed by atoms with Gasteiger partial charge in [0.1, 0.15) is 0 Å². The second kappa shape index (κ2) is 6.52. The van der Waals surface area contributed by atoms with Gasteiger partial charge in [0, 0.05) is 23.7 Å². The molecule has 2 aliphatic rings. The lowest BCUT2D eigenvalue weighted by atomic mass is 9.99. The van der Waals surface area contributed by atoms with Crippen LogP contribution in [0.15, 0.2) is 22.5 Å². The maximum Gasteiger partial charge on any atom is 0.224 e. The molecule has 0 spiro atoms. The van der Waals surface area contributed by atoms with E-state index in [9.17, 15) is 9.59 Å². The molecule has 0 unspecified atom stereocenters. The Morgan fingerprint density at radius 1 is 1.33 bits per heavy atom. The van der Waals surface area contributed by atoms with Gasteiger partial charge in [-0.15, -0.1) is 10.2 Å². The zero-order valence-corrected chi connectivity index (χ0v) is 14.5. The smallest absolute Gasteiger partial charge is 0.224 e. The second-order valence-electron chi connectivity index (χ2n) is 5.92. The van der Waals surface area contributed by atoms with E-state index in [1.165, 1.54) is 35.9 Å². The van der Waals surface area contributed by atoms with Gasteiger partial charge in [-0.2, -0.15) is 0 Å². The van der Waals surface area contributed by atoms with Gasteiger partial charge in [-0.3, -0.25) is 9.59 Å². The van der Waals surface area contributed by atoms with Crippen molar-refractivity contribution in [3.05, 3.63) is 29.3 Å². The first-order chi connectivity index (χ1) is 11.7. The number of Topliss-reactive ketones (excluding diaryl/α,β-unsaturated/α-hetero) is 1. The third kappa shape index (κ3) is 3.59. The Morgan fingerprint density at radius 3 is 3.04 bits per heavy atom. The van der Waals surface area contributed by atoms with Crippen LogP contribution in [0.2, 0.25) is 0 Å². The molecule has 1 fully saturated rings. The molecule has 124 valence electrons. The minimum Gasteiger partial charge on any atom is -0.357 e. The molecule has 0 radical (unpaired) electrons. The van der Waals surface area contributed by atoms with Gasteiger partial charge < -0.3 is 10.6 Å². The highest BCUT2D eigenvalue weighted by Crippen LogP contribution is 2.31. The Bertz CT molecular complexity index is 801. The van der Waals surface area contributed by atoms with E-state index in [-0.39, 0.29) is 11.7 Å². The van der Waals surface area contributed by atoms with Crippen molar-refractivity contribution in [2.75, 3.05) is 16.4 Å². The molecule has 6 nitrogen and oxygen atoms in total. The third-order valence-electron chi connectivity index (χ3n) is 3.96. The number of rotatable bonds is 6. The predicted molar refractivity (Wildman–Crippen MR) is 95.0 cm³/mol.